The maximum absolute atomic E-state index is 2.64. The summed E-state index contributed by atoms with van der Waals surface area (Å²) in [4.78, 5) is 5.21. The topological polar surface area (TPSA) is 6.48 Å². The first kappa shape index (κ1) is 16.4. The molecule has 0 aromatic carbocycles. The fourth-order valence-corrected chi connectivity index (χ4v) is 3.08. The van der Waals surface area contributed by atoms with Crippen LogP contribution in [0.5, 0.6) is 0 Å². The number of hydrogen-bond acceptors (Lipinski definition) is 2. The molecule has 0 aliphatic rings. The average Bonchev–Trinajstić information content (AvgIpc) is 2.23. The highest BCUT2D eigenvalue weighted by atomic mass is 31.1. The predicted octanol–water partition coefficient (Wildman–Crippen LogP) is 3.13. The lowest BCUT2D eigenvalue weighted by atomic mass is 10.3. The van der Waals surface area contributed by atoms with Crippen molar-refractivity contribution in [3.8, 4) is 0 Å². The summed E-state index contributed by atoms with van der Waals surface area (Å²) in [7, 11) is 0.213. The summed E-state index contributed by atoms with van der Waals surface area (Å²) in [6.07, 6.45) is 3.87. The van der Waals surface area contributed by atoms with Crippen LogP contribution in [-0.4, -0.2) is 62.1 Å². The number of likely N-dealkylation sites (N-methyl/N-ethyl adjacent to an activating group) is 1. The summed E-state index contributed by atoms with van der Waals surface area (Å²) in [6.45, 7) is 17.8. The molecule has 0 atom stereocenters. The Labute approximate surface area is 104 Å². The van der Waals surface area contributed by atoms with Gasteiger partial charge in [-0.2, -0.15) is 0 Å². The minimum atomic E-state index is 0.213. The molecule has 0 rings (SSSR count). The van der Waals surface area contributed by atoms with Crippen LogP contribution in [0.3, 0.4) is 0 Å². The van der Waals surface area contributed by atoms with Crippen molar-refractivity contribution in [2.24, 2.45) is 0 Å². The van der Waals surface area contributed by atoms with E-state index in [0.717, 1.165) is 0 Å². The lowest BCUT2D eigenvalue weighted by Gasteiger charge is -2.27. The van der Waals surface area contributed by atoms with Crippen molar-refractivity contribution in [1.29, 1.82) is 0 Å². The SMILES string of the molecule is CCCN(CC)CCN(CCC)CP(C)C. The quantitative estimate of drug-likeness (QED) is 0.546. The van der Waals surface area contributed by atoms with Gasteiger partial charge in [0.15, 0.2) is 0 Å². The van der Waals surface area contributed by atoms with E-state index < -0.39 is 0 Å². The van der Waals surface area contributed by atoms with Gasteiger partial charge in [-0.15, -0.1) is 0 Å². The third-order valence-electron chi connectivity index (χ3n) is 2.74. The van der Waals surface area contributed by atoms with Gasteiger partial charge in [-0.1, -0.05) is 28.7 Å². The van der Waals surface area contributed by atoms with Crippen LogP contribution in [0.4, 0.5) is 0 Å². The number of rotatable bonds is 10. The van der Waals surface area contributed by atoms with E-state index in [9.17, 15) is 0 Å². The second kappa shape index (κ2) is 10.5. The van der Waals surface area contributed by atoms with Crippen LogP contribution in [-0.2, 0) is 0 Å². The molecule has 0 fully saturated rings. The highest BCUT2D eigenvalue weighted by molar-refractivity contribution is 7.55. The van der Waals surface area contributed by atoms with E-state index in [1.807, 2.05) is 0 Å². The highest BCUT2D eigenvalue weighted by Gasteiger charge is 2.08. The molecule has 0 N–H and O–H groups in total. The first-order valence-electron chi connectivity index (χ1n) is 6.73. The fourth-order valence-electron chi connectivity index (χ4n) is 2.00. The molecule has 0 unspecified atom stereocenters. The summed E-state index contributed by atoms with van der Waals surface area (Å²) in [6, 6.07) is 0. The van der Waals surface area contributed by atoms with Crippen molar-refractivity contribution in [2.45, 2.75) is 33.6 Å². The number of nitrogens with zero attached hydrogens (tertiary/aromatic N) is 2. The Morgan fingerprint density at radius 2 is 1.25 bits per heavy atom. The molecule has 98 valence electrons. The fraction of sp³-hybridized carbons (Fsp3) is 1.00. The standard InChI is InChI=1S/C13H31N2P/c1-6-9-14(8-3)11-12-15(10-7-2)13-16(4)5/h6-13H2,1-5H3. The van der Waals surface area contributed by atoms with Gasteiger partial charge < -0.3 is 4.90 Å². The van der Waals surface area contributed by atoms with Crippen LogP contribution in [0.15, 0.2) is 0 Å². The molecule has 16 heavy (non-hydrogen) atoms. The van der Waals surface area contributed by atoms with Crippen molar-refractivity contribution in [3.05, 3.63) is 0 Å². The molecule has 3 heteroatoms. The van der Waals surface area contributed by atoms with Gasteiger partial charge in [-0.25, -0.2) is 0 Å². The lowest BCUT2D eigenvalue weighted by molar-refractivity contribution is 0.227. The van der Waals surface area contributed by atoms with Crippen LogP contribution < -0.4 is 0 Å². The van der Waals surface area contributed by atoms with Crippen LogP contribution in [0.2, 0.25) is 0 Å². The maximum Gasteiger partial charge on any atom is 0.0179 e. The normalized spacial score (nSPS) is 12.0. The van der Waals surface area contributed by atoms with Gasteiger partial charge in [-0.3, -0.25) is 4.90 Å². The Balaban J connectivity index is 3.88. The van der Waals surface area contributed by atoms with E-state index >= 15 is 0 Å². The van der Waals surface area contributed by atoms with E-state index in [4.69, 9.17) is 0 Å². The summed E-state index contributed by atoms with van der Waals surface area (Å²) in [5, 5.41) is 0. The maximum atomic E-state index is 2.64. The highest BCUT2D eigenvalue weighted by Crippen LogP contribution is 2.25. The summed E-state index contributed by atoms with van der Waals surface area (Å²) in [5.74, 6) is 0. The molecule has 0 aliphatic carbocycles. The Morgan fingerprint density at radius 3 is 1.69 bits per heavy atom. The van der Waals surface area contributed by atoms with E-state index in [2.05, 4.69) is 43.9 Å². The predicted molar refractivity (Wildman–Crippen MR) is 77.9 cm³/mol. The summed E-state index contributed by atoms with van der Waals surface area (Å²) >= 11 is 0. The Bertz CT molecular complexity index is 151. The monoisotopic (exact) mass is 246 g/mol. The summed E-state index contributed by atoms with van der Waals surface area (Å²) in [5.41, 5.74) is 0. The number of hydrogen-bond donors (Lipinski definition) is 0. The smallest absolute Gasteiger partial charge is 0.0179 e. The van der Waals surface area contributed by atoms with Crippen molar-refractivity contribution in [1.82, 2.24) is 9.80 Å². The van der Waals surface area contributed by atoms with Gasteiger partial charge in [0.25, 0.3) is 0 Å². The van der Waals surface area contributed by atoms with Gasteiger partial charge >= 0.3 is 0 Å². The van der Waals surface area contributed by atoms with Crippen LogP contribution in [0.1, 0.15) is 33.6 Å². The first-order chi connectivity index (χ1) is 7.63. The molecule has 0 aromatic rings. The van der Waals surface area contributed by atoms with E-state index in [0.29, 0.717) is 0 Å². The molecular weight excluding hydrogens is 215 g/mol. The van der Waals surface area contributed by atoms with Gasteiger partial charge in [0.1, 0.15) is 0 Å². The zero-order valence-electron chi connectivity index (χ0n) is 12.0. The third kappa shape index (κ3) is 8.50. The third-order valence-corrected chi connectivity index (χ3v) is 3.71. The molecule has 0 aliphatic heterocycles. The van der Waals surface area contributed by atoms with Crippen LogP contribution in [0, 0.1) is 0 Å². The van der Waals surface area contributed by atoms with Gasteiger partial charge in [0.2, 0.25) is 0 Å². The molecule has 0 heterocycles. The molecule has 0 radical (unpaired) electrons. The molecule has 2 nitrogen and oxygen atoms in total. The van der Waals surface area contributed by atoms with E-state index in [1.54, 1.807) is 0 Å². The average molecular weight is 246 g/mol. The molecule has 0 saturated heterocycles. The van der Waals surface area contributed by atoms with Crippen LogP contribution in [0.25, 0.3) is 0 Å². The van der Waals surface area contributed by atoms with Gasteiger partial charge in [0.05, 0.1) is 0 Å². The summed E-state index contributed by atoms with van der Waals surface area (Å²) < 4.78 is 0. The zero-order chi connectivity index (χ0) is 12.4. The van der Waals surface area contributed by atoms with Crippen molar-refractivity contribution < 1.29 is 0 Å². The molecule has 0 spiro atoms. The Morgan fingerprint density at radius 1 is 0.750 bits per heavy atom. The molecule has 0 saturated carbocycles. The Kier molecular flexibility index (Phi) is 10.7. The molecule has 0 aromatic heterocycles. The molecular formula is C13H31N2P. The van der Waals surface area contributed by atoms with Crippen molar-refractivity contribution in [3.63, 3.8) is 0 Å². The second-order valence-electron chi connectivity index (χ2n) is 4.77. The Hall–Kier alpha value is 0.350. The lowest BCUT2D eigenvalue weighted by Crippen LogP contribution is -2.36. The van der Waals surface area contributed by atoms with E-state index in [-0.39, 0.29) is 7.92 Å². The van der Waals surface area contributed by atoms with Crippen molar-refractivity contribution in [2.75, 3.05) is 52.3 Å². The van der Waals surface area contributed by atoms with Gasteiger partial charge in [-0.05, 0) is 45.8 Å². The molecule has 0 amide bonds. The van der Waals surface area contributed by atoms with Gasteiger partial charge in [0, 0.05) is 19.4 Å². The molecule has 0 bridgehead atoms. The van der Waals surface area contributed by atoms with Crippen LogP contribution >= 0.6 is 7.92 Å². The minimum Gasteiger partial charge on any atom is -0.302 e. The first-order valence-corrected chi connectivity index (χ1v) is 9.15. The zero-order valence-corrected chi connectivity index (χ0v) is 12.9. The minimum absolute atomic E-state index is 0.213. The van der Waals surface area contributed by atoms with Crippen molar-refractivity contribution >= 4 is 7.92 Å². The van der Waals surface area contributed by atoms with E-state index in [1.165, 1.54) is 51.9 Å². The second-order valence-corrected chi connectivity index (χ2v) is 7.22. The largest absolute Gasteiger partial charge is 0.302 e.